The molecular weight excluding hydrogens is 359 g/mol. The van der Waals surface area contributed by atoms with E-state index in [0.717, 1.165) is 12.1 Å². The van der Waals surface area contributed by atoms with Crippen molar-refractivity contribution in [2.75, 3.05) is 6.61 Å². The lowest BCUT2D eigenvalue weighted by atomic mass is 10.1. The van der Waals surface area contributed by atoms with E-state index in [2.05, 4.69) is 10.1 Å². The van der Waals surface area contributed by atoms with E-state index >= 15 is 0 Å². The van der Waals surface area contributed by atoms with Gasteiger partial charge in [0.25, 0.3) is 5.91 Å². The molecule has 0 aliphatic carbocycles. The summed E-state index contributed by atoms with van der Waals surface area (Å²) in [5.41, 5.74) is 0.589. The minimum Gasteiger partial charge on any atom is -0.482 e. The van der Waals surface area contributed by atoms with Crippen molar-refractivity contribution < 1.29 is 27.4 Å². The summed E-state index contributed by atoms with van der Waals surface area (Å²) in [5, 5.41) is 2.71. The molecule has 0 spiro atoms. The Morgan fingerprint density at radius 2 is 2.00 bits per heavy atom. The van der Waals surface area contributed by atoms with Crippen LogP contribution in [0.2, 0.25) is 5.02 Å². The minimum atomic E-state index is -2.92. The first-order chi connectivity index (χ1) is 11.8. The number of carbonyl (C=O) groups is 1. The maximum Gasteiger partial charge on any atom is 0.387 e. The molecule has 1 atom stereocenters. The third-order valence-electron chi connectivity index (χ3n) is 3.21. The Labute approximate surface area is 147 Å². The van der Waals surface area contributed by atoms with Crippen molar-refractivity contribution in [2.24, 2.45) is 0 Å². The summed E-state index contributed by atoms with van der Waals surface area (Å²) < 4.78 is 47.0. The smallest absolute Gasteiger partial charge is 0.387 e. The maximum absolute atomic E-state index is 12.9. The van der Waals surface area contributed by atoms with Crippen LogP contribution in [0.5, 0.6) is 11.5 Å². The third kappa shape index (κ3) is 5.86. The molecule has 2 rings (SSSR count). The highest BCUT2D eigenvalue weighted by atomic mass is 35.5. The number of halogens is 4. The molecule has 0 aliphatic heterocycles. The Kier molecular flexibility index (Phi) is 6.52. The monoisotopic (exact) mass is 373 g/mol. The van der Waals surface area contributed by atoms with Gasteiger partial charge in [-0.05, 0) is 42.8 Å². The van der Waals surface area contributed by atoms with Crippen LogP contribution in [0.1, 0.15) is 18.5 Å². The predicted molar refractivity (Wildman–Crippen MR) is 86.5 cm³/mol. The van der Waals surface area contributed by atoms with Gasteiger partial charge in [0.1, 0.15) is 17.3 Å². The zero-order valence-corrected chi connectivity index (χ0v) is 13.9. The number of nitrogens with one attached hydrogen (secondary N) is 1. The molecule has 0 aliphatic rings. The van der Waals surface area contributed by atoms with Gasteiger partial charge >= 0.3 is 6.61 Å². The van der Waals surface area contributed by atoms with Gasteiger partial charge in [-0.15, -0.1) is 0 Å². The highest BCUT2D eigenvalue weighted by Gasteiger charge is 2.13. The van der Waals surface area contributed by atoms with Crippen LogP contribution in [0.15, 0.2) is 42.5 Å². The summed E-state index contributed by atoms with van der Waals surface area (Å²) in [7, 11) is 0. The molecule has 0 heterocycles. The van der Waals surface area contributed by atoms with Crippen LogP contribution in [0.3, 0.4) is 0 Å². The van der Waals surface area contributed by atoms with Crippen LogP contribution in [0.25, 0.3) is 0 Å². The molecule has 1 amide bonds. The van der Waals surface area contributed by atoms with Crippen LogP contribution in [-0.4, -0.2) is 19.1 Å². The summed E-state index contributed by atoms with van der Waals surface area (Å²) in [6.45, 7) is -1.57. The summed E-state index contributed by atoms with van der Waals surface area (Å²) in [6.07, 6.45) is 0. The molecule has 0 fully saturated rings. The van der Waals surface area contributed by atoms with E-state index in [-0.39, 0.29) is 23.1 Å². The summed E-state index contributed by atoms with van der Waals surface area (Å²) >= 11 is 5.80. The number of amides is 1. The number of ether oxygens (including phenoxy) is 2. The van der Waals surface area contributed by atoms with E-state index in [4.69, 9.17) is 16.3 Å². The lowest BCUT2D eigenvalue weighted by Crippen LogP contribution is -2.31. The van der Waals surface area contributed by atoms with Crippen molar-refractivity contribution in [1.29, 1.82) is 0 Å². The number of benzene rings is 2. The van der Waals surface area contributed by atoms with Gasteiger partial charge in [0.2, 0.25) is 0 Å². The number of carbonyl (C=O) groups excluding carboxylic acids is 1. The second-order valence-electron chi connectivity index (χ2n) is 5.10. The average Bonchev–Trinajstić information content (AvgIpc) is 2.53. The van der Waals surface area contributed by atoms with Gasteiger partial charge in [-0.25, -0.2) is 4.39 Å². The molecule has 2 aromatic rings. The summed E-state index contributed by atoms with van der Waals surface area (Å²) in [4.78, 5) is 11.9. The first-order valence-electron chi connectivity index (χ1n) is 7.27. The summed E-state index contributed by atoms with van der Waals surface area (Å²) in [5.74, 6) is -0.782. The second kappa shape index (κ2) is 8.62. The summed E-state index contributed by atoms with van der Waals surface area (Å²) in [6, 6.07) is 9.12. The number of hydrogen-bond acceptors (Lipinski definition) is 3. The van der Waals surface area contributed by atoms with E-state index in [1.54, 1.807) is 19.1 Å². The normalized spacial score (nSPS) is 11.9. The fourth-order valence-corrected chi connectivity index (χ4v) is 2.28. The molecular formula is C17H15ClF3NO3. The molecule has 134 valence electrons. The maximum atomic E-state index is 12.9. The van der Waals surface area contributed by atoms with Crippen LogP contribution < -0.4 is 14.8 Å². The third-order valence-corrected chi connectivity index (χ3v) is 3.51. The van der Waals surface area contributed by atoms with Crippen molar-refractivity contribution in [3.8, 4) is 11.5 Å². The standard InChI is InChI=1S/C17H15ClF3NO3/c1-10(11-3-2-4-13(7-11)25-17(20)21)22-16(23)9-24-15-6-5-12(19)8-14(15)18/h2-8,10,17H,9H2,1H3,(H,22,23). The van der Waals surface area contributed by atoms with Gasteiger partial charge in [0.05, 0.1) is 11.1 Å². The molecule has 0 aromatic heterocycles. The van der Waals surface area contributed by atoms with Gasteiger partial charge in [-0.2, -0.15) is 8.78 Å². The molecule has 0 saturated carbocycles. The average molecular weight is 374 g/mol. The Balaban J connectivity index is 1.91. The zero-order valence-electron chi connectivity index (χ0n) is 13.1. The lowest BCUT2D eigenvalue weighted by molar-refractivity contribution is -0.123. The van der Waals surface area contributed by atoms with E-state index < -0.39 is 24.4 Å². The fraction of sp³-hybridized carbons (Fsp3) is 0.235. The van der Waals surface area contributed by atoms with Gasteiger partial charge < -0.3 is 14.8 Å². The molecule has 4 nitrogen and oxygen atoms in total. The highest BCUT2D eigenvalue weighted by Crippen LogP contribution is 2.25. The number of alkyl halides is 2. The van der Waals surface area contributed by atoms with Gasteiger partial charge in [0, 0.05) is 0 Å². The van der Waals surface area contributed by atoms with Crippen molar-refractivity contribution in [2.45, 2.75) is 19.6 Å². The second-order valence-corrected chi connectivity index (χ2v) is 5.51. The van der Waals surface area contributed by atoms with Crippen molar-refractivity contribution in [3.05, 3.63) is 58.9 Å². The largest absolute Gasteiger partial charge is 0.482 e. The molecule has 1 unspecified atom stereocenters. The highest BCUT2D eigenvalue weighted by molar-refractivity contribution is 6.32. The van der Waals surface area contributed by atoms with Crippen molar-refractivity contribution in [1.82, 2.24) is 5.32 Å². The van der Waals surface area contributed by atoms with Crippen molar-refractivity contribution >= 4 is 17.5 Å². The van der Waals surface area contributed by atoms with E-state index in [0.29, 0.717) is 5.56 Å². The van der Waals surface area contributed by atoms with Crippen LogP contribution >= 0.6 is 11.6 Å². The first-order valence-corrected chi connectivity index (χ1v) is 7.65. The predicted octanol–water partition coefficient (Wildman–Crippen LogP) is 4.34. The number of hydrogen-bond donors (Lipinski definition) is 1. The molecule has 25 heavy (non-hydrogen) atoms. The Morgan fingerprint density at radius 1 is 1.24 bits per heavy atom. The molecule has 1 N–H and O–H groups in total. The van der Waals surface area contributed by atoms with E-state index in [1.807, 2.05) is 0 Å². The lowest BCUT2D eigenvalue weighted by Gasteiger charge is -2.16. The Morgan fingerprint density at radius 3 is 2.68 bits per heavy atom. The Hall–Kier alpha value is -2.41. The topological polar surface area (TPSA) is 47.6 Å². The van der Waals surface area contributed by atoms with Gasteiger partial charge in [0.15, 0.2) is 6.61 Å². The van der Waals surface area contributed by atoms with Gasteiger partial charge in [-0.1, -0.05) is 23.7 Å². The van der Waals surface area contributed by atoms with Crippen molar-refractivity contribution in [3.63, 3.8) is 0 Å². The van der Waals surface area contributed by atoms with E-state index in [9.17, 15) is 18.0 Å². The molecule has 2 aromatic carbocycles. The SMILES string of the molecule is CC(NC(=O)COc1ccc(F)cc1Cl)c1cccc(OC(F)F)c1. The van der Waals surface area contributed by atoms with Gasteiger partial charge in [-0.3, -0.25) is 4.79 Å². The first kappa shape index (κ1) is 18.9. The molecule has 0 saturated heterocycles. The zero-order chi connectivity index (χ0) is 18.4. The molecule has 8 heteroatoms. The number of rotatable bonds is 7. The molecule has 0 radical (unpaired) electrons. The minimum absolute atomic E-state index is 0.00272. The van der Waals surface area contributed by atoms with Crippen LogP contribution in [0.4, 0.5) is 13.2 Å². The fourth-order valence-electron chi connectivity index (χ4n) is 2.06. The van der Waals surface area contributed by atoms with E-state index in [1.165, 1.54) is 18.2 Å². The molecule has 0 bridgehead atoms. The quantitative estimate of drug-likeness (QED) is 0.785. The van der Waals surface area contributed by atoms with Crippen LogP contribution in [0, 0.1) is 5.82 Å². The Bertz CT molecular complexity index is 743. The van der Waals surface area contributed by atoms with Crippen LogP contribution in [-0.2, 0) is 4.79 Å².